The lowest BCUT2D eigenvalue weighted by atomic mass is 10.2. The molecule has 0 amide bonds. The van der Waals surface area contributed by atoms with Crippen molar-refractivity contribution >= 4 is 0 Å². The molecule has 0 radical (unpaired) electrons. The monoisotopic (exact) mass is 236 g/mol. The maximum atomic E-state index is 5.59. The van der Waals surface area contributed by atoms with Gasteiger partial charge in [0.05, 0.1) is 6.61 Å². The number of ether oxygens (including phenoxy) is 2. The predicted octanol–water partition coefficient (Wildman–Crippen LogP) is 1.33. The molecule has 3 heteroatoms. The van der Waals surface area contributed by atoms with Crippen LogP contribution in [0.15, 0.2) is 24.3 Å². The summed E-state index contributed by atoms with van der Waals surface area (Å²) in [5, 5.41) is 2.33. The highest BCUT2D eigenvalue weighted by Crippen LogP contribution is 2.11. The fourth-order valence-corrected chi connectivity index (χ4v) is 2.15. The summed E-state index contributed by atoms with van der Waals surface area (Å²) in [5.74, 6) is 0.954. The summed E-state index contributed by atoms with van der Waals surface area (Å²) in [4.78, 5) is 0. The van der Waals surface area contributed by atoms with Crippen LogP contribution in [-0.4, -0.2) is 25.9 Å². The van der Waals surface area contributed by atoms with E-state index in [9.17, 15) is 0 Å². The van der Waals surface area contributed by atoms with Crippen LogP contribution in [0.25, 0.3) is 0 Å². The molecule has 1 heterocycles. The molecule has 0 aromatic heterocycles. The Bertz CT molecular complexity index is 317. The summed E-state index contributed by atoms with van der Waals surface area (Å²) < 4.78 is 11.0. The van der Waals surface area contributed by atoms with Crippen molar-refractivity contribution in [2.24, 2.45) is 0 Å². The number of hydrogen-bond donors (Lipinski definition) is 1. The number of rotatable bonds is 6. The highest BCUT2D eigenvalue weighted by atomic mass is 16.5. The van der Waals surface area contributed by atoms with Crippen LogP contribution in [-0.2, 0) is 11.3 Å². The Morgan fingerprint density at radius 2 is 2.18 bits per heavy atom. The largest absolute Gasteiger partial charge is 0.494 e. The van der Waals surface area contributed by atoms with Crippen molar-refractivity contribution in [1.82, 2.24) is 0 Å². The molecule has 2 N–H and O–H groups in total. The minimum atomic E-state index is 0.470. The highest BCUT2D eigenvalue weighted by molar-refractivity contribution is 5.26. The van der Waals surface area contributed by atoms with Gasteiger partial charge in [0, 0.05) is 12.2 Å². The molecule has 0 spiro atoms. The Morgan fingerprint density at radius 3 is 2.82 bits per heavy atom. The molecule has 1 saturated heterocycles. The third kappa shape index (κ3) is 4.02. The predicted molar refractivity (Wildman–Crippen MR) is 67.1 cm³/mol. The number of quaternary nitrogens is 1. The van der Waals surface area contributed by atoms with Crippen molar-refractivity contribution in [2.45, 2.75) is 32.4 Å². The molecule has 0 unspecified atom stereocenters. The Labute approximate surface area is 103 Å². The van der Waals surface area contributed by atoms with E-state index in [1.54, 1.807) is 0 Å². The van der Waals surface area contributed by atoms with Gasteiger partial charge in [0.25, 0.3) is 0 Å². The van der Waals surface area contributed by atoms with Crippen molar-refractivity contribution in [3.8, 4) is 5.75 Å². The second-order valence-corrected chi connectivity index (χ2v) is 4.44. The third-order valence-electron chi connectivity index (χ3n) is 3.07. The van der Waals surface area contributed by atoms with Gasteiger partial charge >= 0.3 is 0 Å². The summed E-state index contributed by atoms with van der Waals surface area (Å²) >= 11 is 0. The van der Waals surface area contributed by atoms with Crippen LogP contribution in [0.2, 0.25) is 0 Å². The van der Waals surface area contributed by atoms with Crippen molar-refractivity contribution in [3.63, 3.8) is 0 Å². The lowest BCUT2D eigenvalue weighted by molar-refractivity contribution is -0.676. The zero-order valence-corrected chi connectivity index (χ0v) is 10.5. The van der Waals surface area contributed by atoms with Crippen molar-refractivity contribution in [2.75, 3.05) is 19.8 Å². The molecule has 3 nitrogen and oxygen atoms in total. The van der Waals surface area contributed by atoms with Gasteiger partial charge in [-0.3, -0.25) is 0 Å². The van der Waals surface area contributed by atoms with E-state index in [-0.39, 0.29) is 0 Å². The minimum absolute atomic E-state index is 0.470. The normalized spacial score (nSPS) is 19.5. The van der Waals surface area contributed by atoms with E-state index in [2.05, 4.69) is 17.4 Å². The Balaban J connectivity index is 1.70. The Hall–Kier alpha value is -1.06. The quantitative estimate of drug-likeness (QED) is 0.808. The Morgan fingerprint density at radius 1 is 1.35 bits per heavy atom. The first-order valence-electron chi connectivity index (χ1n) is 6.53. The molecular weight excluding hydrogens is 214 g/mol. The van der Waals surface area contributed by atoms with Gasteiger partial charge in [-0.05, 0) is 44.0 Å². The third-order valence-corrected chi connectivity index (χ3v) is 3.07. The van der Waals surface area contributed by atoms with Crippen LogP contribution in [0.1, 0.15) is 25.3 Å². The van der Waals surface area contributed by atoms with Gasteiger partial charge in [0.2, 0.25) is 0 Å². The molecule has 1 aliphatic rings. The molecule has 1 fully saturated rings. The lowest BCUT2D eigenvalue weighted by Crippen LogP contribution is -2.84. The van der Waals surface area contributed by atoms with Crippen LogP contribution in [0, 0.1) is 0 Å². The highest BCUT2D eigenvalue weighted by Gasteiger charge is 2.16. The van der Waals surface area contributed by atoms with Gasteiger partial charge in [0.1, 0.15) is 24.9 Å². The summed E-state index contributed by atoms with van der Waals surface area (Å²) in [5.41, 5.74) is 1.34. The molecule has 17 heavy (non-hydrogen) atoms. The summed E-state index contributed by atoms with van der Waals surface area (Å²) in [6.45, 7) is 5.77. The average Bonchev–Trinajstić information content (AvgIpc) is 2.85. The van der Waals surface area contributed by atoms with E-state index < -0.39 is 0 Å². The van der Waals surface area contributed by atoms with Crippen LogP contribution < -0.4 is 10.1 Å². The smallest absolute Gasteiger partial charge is 0.119 e. The maximum absolute atomic E-state index is 5.59. The van der Waals surface area contributed by atoms with Crippen molar-refractivity contribution in [3.05, 3.63) is 29.8 Å². The van der Waals surface area contributed by atoms with E-state index in [0.717, 1.165) is 32.1 Å². The number of hydrogen-bond acceptors (Lipinski definition) is 2. The molecule has 1 aromatic rings. The van der Waals surface area contributed by atoms with Gasteiger partial charge in [-0.1, -0.05) is 0 Å². The maximum Gasteiger partial charge on any atom is 0.119 e. The van der Waals surface area contributed by atoms with Crippen LogP contribution >= 0.6 is 0 Å². The number of benzene rings is 1. The van der Waals surface area contributed by atoms with Gasteiger partial charge in [-0.2, -0.15) is 0 Å². The second kappa shape index (κ2) is 6.62. The molecule has 1 atom stereocenters. The van der Waals surface area contributed by atoms with Gasteiger partial charge in [0.15, 0.2) is 0 Å². The molecule has 94 valence electrons. The standard InChI is InChI=1S/C14H21NO2/c1-2-16-13-7-5-12(6-8-13)10-15-11-14-4-3-9-17-14/h5-8,14-15H,2-4,9-11H2,1H3/p+1/t14-/m1/s1. The van der Waals surface area contributed by atoms with Crippen LogP contribution in [0.5, 0.6) is 5.75 Å². The van der Waals surface area contributed by atoms with E-state index in [4.69, 9.17) is 9.47 Å². The first-order chi connectivity index (χ1) is 8.38. The molecule has 0 bridgehead atoms. The fourth-order valence-electron chi connectivity index (χ4n) is 2.15. The summed E-state index contributed by atoms with van der Waals surface area (Å²) in [6.07, 6.45) is 2.92. The summed E-state index contributed by atoms with van der Waals surface area (Å²) in [6, 6.07) is 8.35. The van der Waals surface area contributed by atoms with E-state index >= 15 is 0 Å². The average molecular weight is 236 g/mol. The minimum Gasteiger partial charge on any atom is -0.494 e. The topological polar surface area (TPSA) is 35.1 Å². The number of nitrogens with two attached hydrogens (primary N) is 1. The van der Waals surface area contributed by atoms with Crippen molar-refractivity contribution in [1.29, 1.82) is 0 Å². The molecule has 1 aliphatic heterocycles. The van der Waals surface area contributed by atoms with E-state index in [1.165, 1.54) is 18.4 Å². The van der Waals surface area contributed by atoms with Crippen LogP contribution in [0.4, 0.5) is 0 Å². The molecule has 0 aliphatic carbocycles. The van der Waals surface area contributed by atoms with Crippen LogP contribution in [0.3, 0.4) is 0 Å². The first-order valence-corrected chi connectivity index (χ1v) is 6.53. The molecule has 1 aromatic carbocycles. The Kier molecular flexibility index (Phi) is 4.83. The lowest BCUT2D eigenvalue weighted by Gasteiger charge is -2.08. The fraction of sp³-hybridized carbons (Fsp3) is 0.571. The molecule has 0 saturated carbocycles. The van der Waals surface area contributed by atoms with Gasteiger partial charge < -0.3 is 14.8 Å². The summed E-state index contributed by atoms with van der Waals surface area (Å²) in [7, 11) is 0. The van der Waals surface area contributed by atoms with Gasteiger partial charge in [-0.25, -0.2) is 0 Å². The second-order valence-electron chi connectivity index (χ2n) is 4.44. The van der Waals surface area contributed by atoms with E-state index in [0.29, 0.717) is 6.10 Å². The van der Waals surface area contributed by atoms with E-state index in [1.807, 2.05) is 19.1 Å². The first kappa shape index (κ1) is 12.4. The zero-order valence-electron chi connectivity index (χ0n) is 10.5. The SMILES string of the molecule is CCOc1ccc(C[NH2+]C[C@H]2CCCO2)cc1. The zero-order chi connectivity index (χ0) is 11.9. The van der Waals surface area contributed by atoms with Crippen molar-refractivity contribution < 1.29 is 14.8 Å². The molecule has 2 rings (SSSR count). The molecular formula is C14H22NO2+. The van der Waals surface area contributed by atoms with Gasteiger partial charge in [-0.15, -0.1) is 0 Å².